The average molecular weight is 346 g/mol. The zero-order valence-electron chi connectivity index (χ0n) is 12.7. The third-order valence-electron chi connectivity index (χ3n) is 4.21. The van der Waals surface area contributed by atoms with Crippen molar-refractivity contribution in [2.24, 2.45) is 0 Å². The minimum Gasteiger partial charge on any atom is -0.379 e. The third kappa shape index (κ3) is 3.96. The first-order chi connectivity index (χ1) is 10.9. The van der Waals surface area contributed by atoms with Crippen LogP contribution in [-0.2, 0) is 9.53 Å². The first-order valence-corrected chi connectivity index (χ1v) is 8.45. The first-order valence-electron chi connectivity index (χ1n) is 7.63. The molecule has 3 heterocycles. The summed E-state index contributed by atoms with van der Waals surface area (Å²) in [6.07, 6.45) is 1.09. The number of rotatable bonds is 4. The number of hydrogen-bond acceptors (Lipinski definition) is 6. The van der Waals surface area contributed by atoms with E-state index in [-0.39, 0.29) is 18.7 Å². The third-order valence-corrected chi connectivity index (χ3v) is 5.14. The summed E-state index contributed by atoms with van der Waals surface area (Å²) in [7, 11) is 0. The summed E-state index contributed by atoms with van der Waals surface area (Å²) in [4.78, 5) is 20.4. The second-order valence-corrected chi connectivity index (χ2v) is 7.00. The van der Waals surface area contributed by atoms with Gasteiger partial charge in [-0.25, -0.2) is 13.8 Å². The summed E-state index contributed by atoms with van der Waals surface area (Å²) in [5, 5.41) is 0.378. The molecule has 128 valence electrons. The molecule has 0 spiro atoms. The van der Waals surface area contributed by atoms with Crippen LogP contribution in [0.3, 0.4) is 0 Å². The number of likely N-dealkylation sites (tertiary alicyclic amines) is 1. The van der Waals surface area contributed by atoms with Crippen LogP contribution >= 0.6 is 11.3 Å². The minimum atomic E-state index is -2.84. The molecule has 1 aromatic rings. The van der Waals surface area contributed by atoms with E-state index >= 15 is 0 Å². The molecule has 1 unspecified atom stereocenters. The van der Waals surface area contributed by atoms with Gasteiger partial charge in [-0.2, -0.15) is 0 Å². The molecule has 0 radical (unpaired) electrons. The molecular formula is C14H20F2N4O2S. The number of nitrogens with two attached hydrogens (primary N) is 1. The van der Waals surface area contributed by atoms with Gasteiger partial charge in [0.05, 0.1) is 30.7 Å². The van der Waals surface area contributed by atoms with Crippen LogP contribution in [0.15, 0.2) is 6.20 Å². The highest BCUT2D eigenvalue weighted by Gasteiger charge is 2.42. The van der Waals surface area contributed by atoms with E-state index in [1.54, 1.807) is 6.20 Å². The number of carbonyl (C=O) groups is 1. The van der Waals surface area contributed by atoms with Gasteiger partial charge in [0.15, 0.2) is 5.13 Å². The lowest BCUT2D eigenvalue weighted by Gasteiger charge is -2.40. The lowest BCUT2D eigenvalue weighted by Crippen LogP contribution is -2.51. The van der Waals surface area contributed by atoms with Crippen molar-refractivity contribution in [3.05, 3.63) is 11.1 Å². The highest BCUT2D eigenvalue weighted by Crippen LogP contribution is 2.35. The summed E-state index contributed by atoms with van der Waals surface area (Å²) in [6, 6.07) is -0.443. The number of nitrogen functional groups attached to an aromatic ring is 1. The van der Waals surface area contributed by atoms with Crippen molar-refractivity contribution < 1.29 is 18.3 Å². The molecule has 6 nitrogen and oxygen atoms in total. The number of ether oxygens (including phenoxy) is 1. The Morgan fingerprint density at radius 3 is 2.83 bits per heavy atom. The Kier molecular flexibility index (Phi) is 4.79. The number of carbonyl (C=O) groups excluding carboxylic acids is 1. The number of nitrogens with zero attached hydrogens (tertiary/aromatic N) is 3. The number of aromatic nitrogens is 1. The second-order valence-electron chi connectivity index (χ2n) is 5.91. The molecule has 2 aliphatic rings. The van der Waals surface area contributed by atoms with Gasteiger partial charge in [0.25, 0.3) is 5.92 Å². The molecule has 3 rings (SSSR count). The van der Waals surface area contributed by atoms with E-state index in [0.717, 1.165) is 18.0 Å². The Balaban J connectivity index is 1.82. The van der Waals surface area contributed by atoms with Crippen LogP contribution in [-0.4, -0.2) is 66.0 Å². The van der Waals surface area contributed by atoms with Gasteiger partial charge in [-0.15, -0.1) is 11.3 Å². The van der Waals surface area contributed by atoms with Crippen molar-refractivity contribution in [1.29, 1.82) is 0 Å². The average Bonchev–Trinajstić information content (AvgIpc) is 2.95. The van der Waals surface area contributed by atoms with Gasteiger partial charge >= 0.3 is 0 Å². The number of anilines is 1. The largest absolute Gasteiger partial charge is 0.379 e. The SMILES string of the molecule is Nc1ncc(C(CN2CCOCC2)N2CC(F)(F)CCC2=O)s1. The quantitative estimate of drug-likeness (QED) is 0.891. The molecule has 9 heteroatoms. The Morgan fingerprint density at radius 2 is 2.17 bits per heavy atom. The Bertz CT molecular complexity index is 563. The van der Waals surface area contributed by atoms with Gasteiger partial charge in [0, 0.05) is 38.7 Å². The van der Waals surface area contributed by atoms with E-state index in [1.165, 1.54) is 16.2 Å². The van der Waals surface area contributed by atoms with Gasteiger partial charge in [0.1, 0.15) is 0 Å². The number of morpholine rings is 1. The molecule has 0 saturated carbocycles. The summed E-state index contributed by atoms with van der Waals surface area (Å²) < 4.78 is 33.0. The van der Waals surface area contributed by atoms with Crippen LogP contribution < -0.4 is 5.73 Å². The molecule has 1 atom stereocenters. The van der Waals surface area contributed by atoms with Crippen LogP contribution in [0.1, 0.15) is 23.8 Å². The van der Waals surface area contributed by atoms with Gasteiger partial charge in [-0.05, 0) is 0 Å². The highest BCUT2D eigenvalue weighted by atomic mass is 32.1. The van der Waals surface area contributed by atoms with Crippen molar-refractivity contribution in [3.63, 3.8) is 0 Å². The minimum absolute atomic E-state index is 0.124. The zero-order valence-corrected chi connectivity index (χ0v) is 13.5. The second kappa shape index (κ2) is 6.66. The normalized spacial score (nSPS) is 23.9. The Labute approximate surface area is 137 Å². The van der Waals surface area contributed by atoms with E-state index < -0.39 is 18.5 Å². The summed E-state index contributed by atoms with van der Waals surface area (Å²) >= 11 is 1.25. The lowest BCUT2D eigenvalue weighted by molar-refractivity contribution is -0.152. The number of piperidine rings is 1. The predicted molar refractivity (Wildman–Crippen MR) is 82.4 cm³/mol. The van der Waals surface area contributed by atoms with Gasteiger partial charge < -0.3 is 15.4 Å². The van der Waals surface area contributed by atoms with Crippen molar-refractivity contribution >= 4 is 22.4 Å². The van der Waals surface area contributed by atoms with Gasteiger partial charge in [0.2, 0.25) is 5.91 Å². The fraction of sp³-hybridized carbons (Fsp3) is 0.714. The van der Waals surface area contributed by atoms with Crippen LogP contribution in [0.25, 0.3) is 0 Å². The van der Waals surface area contributed by atoms with Crippen molar-refractivity contribution in [1.82, 2.24) is 14.8 Å². The standard InChI is InChI=1S/C14H20F2N4O2S/c15-14(16)2-1-12(21)20(9-14)10(11-7-18-13(17)23-11)8-19-3-5-22-6-4-19/h7,10H,1-6,8-9H2,(H2,17,18). The maximum atomic E-state index is 13.8. The summed E-state index contributed by atoms with van der Waals surface area (Å²) in [6.45, 7) is 2.63. The molecule has 0 aliphatic carbocycles. The smallest absolute Gasteiger partial charge is 0.265 e. The van der Waals surface area contributed by atoms with E-state index in [1.807, 2.05) is 0 Å². The molecule has 2 aliphatic heterocycles. The predicted octanol–water partition coefficient (Wildman–Crippen LogP) is 1.36. The lowest BCUT2D eigenvalue weighted by atomic mass is 10.0. The fourth-order valence-corrected chi connectivity index (χ4v) is 3.75. The van der Waals surface area contributed by atoms with E-state index in [0.29, 0.717) is 24.9 Å². The molecule has 1 aromatic heterocycles. The molecule has 1 amide bonds. The van der Waals surface area contributed by atoms with Crippen molar-refractivity contribution in [2.75, 3.05) is 45.1 Å². The molecule has 2 fully saturated rings. The molecule has 0 bridgehead atoms. The van der Waals surface area contributed by atoms with Gasteiger partial charge in [-0.1, -0.05) is 0 Å². The Hall–Kier alpha value is -1.32. The summed E-state index contributed by atoms with van der Waals surface area (Å²) in [5.41, 5.74) is 5.69. The number of alkyl halides is 2. The van der Waals surface area contributed by atoms with Crippen LogP contribution in [0.5, 0.6) is 0 Å². The highest BCUT2D eigenvalue weighted by molar-refractivity contribution is 7.15. The van der Waals surface area contributed by atoms with Crippen LogP contribution in [0.2, 0.25) is 0 Å². The molecule has 23 heavy (non-hydrogen) atoms. The first kappa shape index (κ1) is 16.5. The molecule has 2 saturated heterocycles. The van der Waals surface area contributed by atoms with Crippen LogP contribution in [0.4, 0.5) is 13.9 Å². The maximum Gasteiger partial charge on any atom is 0.265 e. The fourth-order valence-electron chi connectivity index (χ4n) is 2.96. The van der Waals surface area contributed by atoms with E-state index in [9.17, 15) is 13.6 Å². The molecule has 2 N–H and O–H groups in total. The molecule has 0 aromatic carbocycles. The van der Waals surface area contributed by atoms with E-state index in [4.69, 9.17) is 10.5 Å². The van der Waals surface area contributed by atoms with E-state index in [2.05, 4.69) is 9.88 Å². The number of amides is 1. The monoisotopic (exact) mass is 346 g/mol. The Morgan fingerprint density at radius 1 is 1.43 bits per heavy atom. The van der Waals surface area contributed by atoms with Gasteiger partial charge in [-0.3, -0.25) is 9.69 Å². The maximum absolute atomic E-state index is 13.8. The number of halogens is 2. The number of thiazole rings is 1. The molecular weight excluding hydrogens is 326 g/mol. The summed E-state index contributed by atoms with van der Waals surface area (Å²) in [5.74, 6) is -3.07. The number of hydrogen-bond donors (Lipinski definition) is 1. The van der Waals surface area contributed by atoms with Crippen molar-refractivity contribution in [2.45, 2.75) is 24.8 Å². The zero-order chi connectivity index (χ0) is 16.4. The van der Waals surface area contributed by atoms with Crippen LogP contribution in [0, 0.1) is 0 Å². The topological polar surface area (TPSA) is 71.7 Å². The van der Waals surface area contributed by atoms with Crippen molar-refractivity contribution in [3.8, 4) is 0 Å².